The molecule has 3 fully saturated rings. The lowest BCUT2D eigenvalue weighted by Crippen LogP contribution is -2.70. The number of rotatable bonds is 3. The topological polar surface area (TPSA) is 86.6 Å². The van der Waals surface area contributed by atoms with Gasteiger partial charge in [-0.25, -0.2) is 10.2 Å². The van der Waals surface area contributed by atoms with Gasteiger partial charge in [-0.1, -0.05) is 25.9 Å². The third kappa shape index (κ3) is 1.66. The molecule has 3 aliphatic rings. The maximum Gasteiger partial charge on any atom is 0.375 e. The summed E-state index contributed by atoms with van der Waals surface area (Å²) in [6.45, 7) is 6.62. The molecule has 3 atom stereocenters. The molecule has 3 unspecified atom stereocenters. The number of nitrogens with zero attached hydrogens (tertiary/aromatic N) is 1. The fraction of sp³-hybridized carbons (Fsp3) is 0.909. The van der Waals surface area contributed by atoms with Gasteiger partial charge in [-0.2, -0.15) is 5.53 Å². The molecule has 2 bridgehead atoms. The Balaban J connectivity index is 1.98. The second-order valence-electron chi connectivity index (χ2n) is 5.74. The van der Waals surface area contributed by atoms with E-state index in [1.54, 1.807) is 0 Å². The summed E-state index contributed by atoms with van der Waals surface area (Å²) in [5.41, 5.74) is 11.1. The Labute approximate surface area is 101 Å². The third-order valence-electron chi connectivity index (χ3n) is 4.90. The molecule has 0 heterocycles. The molecule has 6 nitrogen and oxygen atoms in total. The maximum atomic E-state index is 10.8. The normalized spacial score (nSPS) is 38.1. The zero-order valence-corrected chi connectivity index (χ0v) is 10.5. The van der Waals surface area contributed by atoms with Crippen molar-refractivity contribution in [2.75, 3.05) is 0 Å². The van der Waals surface area contributed by atoms with Crippen LogP contribution in [0.4, 0.5) is 4.79 Å². The number of hydrazine groups is 1. The van der Waals surface area contributed by atoms with Crippen LogP contribution in [0.3, 0.4) is 0 Å². The standard InChI is InChI=1S/C11H20N4O2/c1-7-4-5-8-6-11(7,10(8,2)3)17-15-14-9(16)13-12/h7-8,12,15H,4-6H2,1-3H3,(H,14,16). The van der Waals surface area contributed by atoms with Gasteiger partial charge in [-0.15, -0.1) is 5.59 Å². The maximum absolute atomic E-state index is 10.8. The third-order valence-corrected chi connectivity index (χ3v) is 4.90. The molecular weight excluding hydrogens is 220 g/mol. The molecule has 3 saturated carbocycles. The van der Waals surface area contributed by atoms with Crippen LogP contribution in [0.1, 0.15) is 40.0 Å². The van der Waals surface area contributed by atoms with Gasteiger partial charge < -0.3 is 0 Å². The van der Waals surface area contributed by atoms with Gasteiger partial charge in [-0.05, 0) is 36.5 Å². The minimum atomic E-state index is -0.751. The van der Waals surface area contributed by atoms with Gasteiger partial charge in [0.2, 0.25) is 0 Å². The van der Waals surface area contributed by atoms with E-state index in [1.165, 1.54) is 6.42 Å². The lowest BCUT2D eigenvalue weighted by atomic mass is 9.43. The number of carbonyl (C=O) groups is 1. The number of nitrogens with one attached hydrogen (secondary N) is 3. The van der Waals surface area contributed by atoms with Crippen molar-refractivity contribution in [1.82, 2.24) is 11.0 Å². The molecule has 0 radical (unpaired) electrons. The highest BCUT2D eigenvalue weighted by molar-refractivity contribution is 5.72. The average molecular weight is 240 g/mol. The zero-order valence-electron chi connectivity index (χ0n) is 10.5. The zero-order chi connectivity index (χ0) is 12.7. The molecule has 3 N–H and O–H groups in total. The van der Waals surface area contributed by atoms with E-state index >= 15 is 0 Å². The molecule has 17 heavy (non-hydrogen) atoms. The van der Waals surface area contributed by atoms with E-state index in [0.717, 1.165) is 12.8 Å². The monoisotopic (exact) mass is 240 g/mol. The molecule has 2 amide bonds. The van der Waals surface area contributed by atoms with E-state index in [-0.39, 0.29) is 11.0 Å². The van der Waals surface area contributed by atoms with Crippen LogP contribution < -0.4 is 11.0 Å². The molecule has 6 heteroatoms. The molecule has 0 aromatic rings. The largest absolute Gasteiger partial charge is 0.375 e. The number of hydrogen-bond acceptors (Lipinski definition) is 4. The van der Waals surface area contributed by atoms with Crippen molar-refractivity contribution < 1.29 is 9.63 Å². The minimum absolute atomic E-state index is 0.125. The lowest BCUT2D eigenvalue weighted by Gasteiger charge is -2.66. The smallest absolute Gasteiger partial charge is 0.275 e. The van der Waals surface area contributed by atoms with Crippen LogP contribution in [0.25, 0.3) is 0 Å². The Kier molecular flexibility index (Phi) is 2.95. The van der Waals surface area contributed by atoms with Crippen molar-refractivity contribution in [3.05, 3.63) is 0 Å². The summed E-state index contributed by atoms with van der Waals surface area (Å²) < 4.78 is 0. The SMILES string of the molecule is CC1CCC2CC1(ONNC(=O)N=N)C2(C)C. The average Bonchev–Trinajstić information content (AvgIpc) is 2.30. The molecule has 0 spiro atoms. The van der Waals surface area contributed by atoms with E-state index in [1.807, 2.05) is 0 Å². The Hall–Kier alpha value is -1.01. The summed E-state index contributed by atoms with van der Waals surface area (Å²) in [4.78, 5) is 16.5. The van der Waals surface area contributed by atoms with E-state index in [2.05, 4.69) is 36.9 Å². The fourth-order valence-corrected chi connectivity index (χ4v) is 3.54. The number of amides is 2. The van der Waals surface area contributed by atoms with Crippen molar-refractivity contribution in [2.24, 2.45) is 22.4 Å². The first-order valence-corrected chi connectivity index (χ1v) is 6.04. The molecule has 0 saturated heterocycles. The van der Waals surface area contributed by atoms with Crippen molar-refractivity contribution in [2.45, 2.75) is 45.6 Å². The van der Waals surface area contributed by atoms with Crippen LogP contribution in [-0.2, 0) is 4.84 Å². The van der Waals surface area contributed by atoms with Gasteiger partial charge in [-0.3, -0.25) is 4.84 Å². The second kappa shape index (κ2) is 4.03. The van der Waals surface area contributed by atoms with Gasteiger partial charge in [0.1, 0.15) is 0 Å². The molecule has 3 rings (SSSR count). The Morgan fingerprint density at radius 2 is 2.18 bits per heavy atom. The van der Waals surface area contributed by atoms with Gasteiger partial charge in [0.15, 0.2) is 0 Å². The Morgan fingerprint density at radius 3 is 2.71 bits per heavy atom. The first kappa shape index (κ1) is 12.4. The lowest BCUT2D eigenvalue weighted by molar-refractivity contribution is -0.307. The second-order valence-corrected chi connectivity index (χ2v) is 5.74. The highest BCUT2D eigenvalue weighted by atomic mass is 16.7. The fourth-order valence-electron chi connectivity index (χ4n) is 3.54. The Morgan fingerprint density at radius 1 is 1.47 bits per heavy atom. The van der Waals surface area contributed by atoms with Crippen LogP contribution in [0, 0.1) is 22.8 Å². The summed E-state index contributed by atoms with van der Waals surface area (Å²) in [5, 5.41) is 2.72. The van der Waals surface area contributed by atoms with E-state index in [4.69, 9.17) is 10.4 Å². The highest BCUT2D eigenvalue weighted by Crippen LogP contribution is 2.65. The summed E-state index contributed by atoms with van der Waals surface area (Å²) >= 11 is 0. The van der Waals surface area contributed by atoms with Gasteiger partial charge in [0.05, 0.1) is 5.60 Å². The van der Waals surface area contributed by atoms with Crippen molar-refractivity contribution in [3.8, 4) is 0 Å². The van der Waals surface area contributed by atoms with Gasteiger partial charge in [0.25, 0.3) is 0 Å². The summed E-state index contributed by atoms with van der Waals surface area (Å²) in [6, 6.07) is -0.751. The number of hydrogen-bond donors (Lipinski definition) is 3. The van der Waals surface area contributed by atoms with Gasteiger partial charge >= 0.3 is 6.03 Å². The first-order chi connectivity index (χ1) is 7.94. The summed E-state index contributed by atoms with van der Waals surface area (Å²) in [5.74, 6) is 1.16. The molecule has 0 aromatic carbocycles. The van der Waals surface area contributed by atoms with Gasteiger partial charge in [0, 0.05) is 0 Å². The first-order valence-electron chi connectivity index (χ1n) is 6.04. The molecule has 0 aliphatic heterocycles. The quantitative estimate of drug-likeness (QED) is 0.523. The van der Waals surface area contributed by atoms with E-state index < -0.39 is 6.03 Å². The van der Waals surface area contributed by atoms with Crippen molar-refractivity contribution in [3.63, 3.8) is 0 Å². The molecular formula is C11H20N4O2. The van der Waals surface area contributed by atoms with E-state index in [0.29, 0.717) is 11.8 Å². The number of carbonyl (C=O) groups excluding carboxylic acids is 1. The molecule has 3 aliphatic carbocycles. The van der Waals surface area contributed by atoms with Crippen LogP contribution in [0.5, 0.6) is 0 Å². The van der Waals surface area contributed by atoms with Crippen LogP contribution >= 0.6 is 0 Å². The summed E-state index contributed by atoms with van der Waals surface area (Å²) in [6.07, 6.45) is 3.45. The summed E-state index contributed by atoms with van der Waals surface area (Å²) in [7, 11) is 0. The molecule has 96 valence electrons. The molecule has 0 aromatic heterocycles. The number of urea groups is 1. The predicted molar refractivity (Wildman–Crippen MR) is 60.9 cm³/mol. The van der Waals surface area contributed by atoms with E-state index in [9.17, 15) is 4.79 Å². The van der Waals surface area contributed by atoms with Crippen LogP contribution in [0.2, 0.25) is 0 Å². The van der Waals surface area contributed by atoms with Crippen LogP contribution in [0.15, 0.2) is 5.11 Å². The predicted octanol–water partition coefficient (Wildman–Crippen LogP) is 2.38. The highest BCUT2D eigenvalue weighted by Gasteiger charge is 2.66. The van der Waals surface area contributed by atoms with Crippen LogP contribution in [-0.4, -0.2) is 11.6 Å². The minimum Gasteiger partial charge on any atom is -0.275 e. The Bertz CT molecular complexity index is 344. The van der Waals surface area contributed by atoms with Crippen molar-refractivity contribution >= 4 is 6.03 Å². The van der Waals surface area contributed by atoms with Crippen molar-refractivity contribution in [1.29, 1.82) is 5.53 Å². The number of fused-ring (bicyclic) bond motifs is 2.